The number of aryl methyl sites for hydroxylation is 1. The van der Waals surface area contributed by atoms with Crippen LogP contribution in [-0.4, -0.2) is 0 Å². The Morgan fingerprint density at radius 2 is 1.94 bits per heavy atom. The number of nitrogens with two attached hydrogens (primary N) is 1. The maximum Gasteiger partial charge on any atom is 0.0433 e. The third-order valence-electron chi connectivity index (χ3n) is 2.61. The van der Waals surface area contributed by atoms with Gasteiger partial charge >= 0.3 is 0 Å². The molecule has 0 aliphatic rings. The van der Waals surface area contributed by atoms with Crippen molar-refractivity contribution >= 4 is 22.9 Å². The Kier molecular flexibility index (Phi) is 3.64. The first-order valence-corrected chi connectivity index (χ1v) is 6.46. The second-order valence-corrected chi connectivity index (χ2v) is 5.29. The molecule has 0 saturated carbocycles. The molecule has 1 heterocycles. The molecule has 0 aliphatic carbocycles. The standard InChI is InChI=1S/C13H14ClNS/c1-9-6-7-16-13(9)12(15)8-10-2-4-11(14)5-3-10/h2-7,12H,8,15H2,1H3. The fourth-order valence-electron chi connectivity index (χ4n) is 1.73. The summed E-state index contributed by atoms with van der Waals surface area (Å²) in [6.07, 6.45) is 0.860. The molecule has 1 aromatic carbocycles. The Labute approximate surface area is 105 Å². The van der Waals surface area contributed by atoms with Gasteiger partial charge in [0.15, 0.2) is 0 Å². The van der Waals surface area contributed by atoms with Crippen molar-refractivity contribution in [3.63, 3.8) is 0 Å². The van der Waals surface area contributed by atoms with Crippen molar-refractivity contribution < 1.29 is 0 Å². The Bertz CT molecular complexity index is 461. The summed E-state index contributed by atoms with van der Waals surface area (Å²) >= 11 is 7.57. The van der Waals surface area contributed by atoms with Crippen LogP contribution < -0.4 is 5.73 Å². The van der Waals surface area contributed by atoms with Crippen LogP contribution in [0, 0.1) is 6.92 Å². The van der Waals surface area contributed by atoms with Gasteiger partial charge in [-0.05, 0) is 48.1 Å². The molecule has 1 unspecified atom stereocenters. The Morgan fingerprint density at radius 1 is 1.25 bits per heavy atom. The van der Waals surface area contributed by atoms with Gasteiger partial charge in [0.2, 0.25) is 0 Å². The molecule has 0 saturated heterocycles. The van der Waals surface area contributed by atoms with E-state index in [1.807, 2.05) is 24.3 Å². The molecule has 0 bridgehead atoms. The van der Waals surface area contributed by atoms with E-state index in [4.69, 9.17) is 17.3 Å². The second kappa shape index (κ2) is 5.00. The van der Waals surface area contributed by atoms with Crippen LogP contribution in [0.3, 0.4) is 0 Å². The highest BCUT2D eigenvalue weighted by molar-refractivity contribution is 7.10. The van der Waals surface area contributed by atoms with E-state index in [-0.39, 0.29) is 6.04 Å². The van der Waals surface area contributed by atoms with Crippen molar-refractivity contribution in [2.45, 2.75) is 19.4 Å². The number of rotatable bonds is 3. The fraction of sp³-hybridized carbons (Fsp3) is 0.231. The number of benzene rings is 1. The summed E-state index contributed by atoms with van der Waals surface area (Å²) < 4.78 is 0. The summed E-state index contributed by atoms with van der Waals surface area (Å²) in [5.41, 5.74) is 8.70. The predicted octanol–water partition coefficient (Wildman–Crippen LogP) is 3.95. The third-order valence-corrected chi connectivity index (χ3v) is 4.01. The van der Waals surface area contributed by atoms with Crippen molar-refractivity contribution in [1.82, 2.24) is 0 Å². The minimum atomic E-state index is 0.0844. The minimum Gasteiger partial charge on any atom is -0.323 e. The summed E-state index contributed by atoms with van der Waals surface area (Å²) in [5.74, 6) is 0. The summed E-state index contributed by atoms with van der Waals surface area (Å²) in [7, 11) is 0. The van der Waals surface area contributed by atoms with Gasteiger partial charge in [0, 0.05) is 15.9 Å². The van der Waals surface area contributed by atoms with E-state index in [0.717, 1.165) is 11.4 Å². The molecule has 0 fully saturated rings. The van der Waals surface area contributed by atoms with Gasteiger partial charge in [0.1, 0.15) is 0 Å². The molecule has 16 heavy (non-hydrogen) atoms. The number of halogens is 1. The molecule has 0 spiro atoms. The SMILES string of the molecule is Cc1ccsc1C(N)Cc1ccc(Cl)cc1. The molecule has 1 nitrogen and oxygen atoms in total. The van der Waals surface area contributed by atoms with E-state index in [9.17, 15) is 0 Å². The summed E-state index contributed by atoms with van der Waals surface area (Å²) in [4.78, 5) is 1.27. The second-order valence-electron chi connectivity index (χ2n) is 3.90. The normalized spacial score (nSPS) is 12.7. The van der Waals surface area contributed by atoms with Gasteiger partial charge in [-0.2, -0.15) is 0 Å². The van der Waals surface area contributed by atoms with Crippen molar-refractivity contribution in [1.29, 1.82) is 0 Å². The molecule has 3 heteroatoms. The average Bonchev–Trinajstić information content (AvgIpc) is 2.68. The first-order valence-electron chi connectivity index (χ1n) is 5.21. The predicted molar refractivity (Wildman–Crippen MR) is 71.1 cm³/mol. The Balaban J connectivity index is 2.10. The Hall–Kier alpha value is -0.830. The van der Waals surface area contributed by atoms with Crippen LogP contribution in [0.2, 0.25) is 5.02 Å². The lowest BCUT2D eigenvalue weighted by molar-refractivity contribution is 0.732. The third kappa shape index (κ3) is 2.64. The molecule has 2 aromatic rings. The lowest BCUT2D eigenvalue weighted by Crippen LogP contribution is -2.12. The Morgan fingerprint density at radius 3 is 2.50 bits per heavy atom. The summed E-state index contributed by atoms with van der Waals surface area (Å²) in [5, 5.41) is 2.86. The van der Waals surface area contributed by atoms with E-state index in [1.165, 1.54) is 16.0 Å². The van der Waals surface area contributed by atoms with E-state index in [1.54, 1.807) is 11.3 Å². The molecule has 0 radical (unpaired) electrons. The maximum atomic E-state index is 6.19. The smallest absolute Gasteiger partial charge is 0.0433 e. The lowest BCUT2D eigenvalue weighted by Gasteiger charge is -2.11. The van der Waals surface area contributed by atoms with Gasteiger partial charge in [-0.3, -0.25) is 0 Å². The minimum absolute atomic E-state index is 0.0844. The highest BCUT2D eigenvalue weighted by Gasteiger charge is 2.10. The lowest BCUT2D eigenvalue weighted by atomic mass is 10.0. The largest absolute Gasteiger partial charge is 0.323 e. The van der Waals surface area contributed by atoms with E-state index < -0.39 is 0 Å². The number of hydrogen-bond donors (Lipinski definition) is 1. The van der Waals surface area contributed by atoms with Gasteiger partial charge in [0.25, 0.3) is 0 Å². The molecule has 2 N–H and O–H groups in total. The quantitative estimate of drug-likeness (QED) is 0.878. The average molecular weight is 252 g/mol. The van der Waals surface area contributed by atoms with Crippen molar-refractivity contribution in [3.8, 4) is 0 Å². The zero-order valence-corrected chi connectivity index (χ0v) is 10.7. The number of hydrogen-bond acceptors (Lipinski definition) is 2. The molecule has 0 aliphatic heterocycles. The van der Waals surface area contributed by atoms with E-state index >= 15 is 0 Å². The first-order chi connectivity index (χ1) is 7.66. The highest BCUT2D eigenvalue weighted by Crippen LogP contribution is 2.25. The molecular weight excluding hydrogens is 238 g/mol. The van der Waals surface area contributed by atoms with Crippen LogP contribution in [-0.2, 0) is 6.42 Å². The van der Waals surface area contributed by atoms with Crippen LogP contribution in [0.5, 0.6) is 0 Å². The summed E-state index contributed by atoms with van der Waals surface area (Å²) in [6, 6.07) is 10.1. The van der Waals surface area contributed by atoms with Crippen LogP contribution in [0.4, 0.5) is 0 Å². The van der Waals surface area contributed by atoms with E-state index in [2.05, 4.69) is 18.4 Å². The van der Waals surface area contributed by atoms with Crippen molar-refractivity contribution in [2.75, 3.05) is 0 Å². The molecule has 2 rings (SSSR count). The zero-order valence-electron chi connectivity index (χ0n) is 9.11. The van der Waals surface area contributed by atoms with Crippen molar-refractivity contribution in [3.05, 3.63) is 56.7 Å². The van der Waals surface area contributed by atoms with Crippen LogP contribution in [0.25, 0.3) is 0 Å². The van der Waals surface area contributed by atoms with Gasteiger partial charge in [-0.1, -0.05) is 23.7 Å². The summed E-state index contributed by atoms with van der Waals surface area (Å²) in [6.45, 7) is 2.10. The molecule has 0 amide bonds. The topological polar surface area (TPSA) is 26.0 Å². The zero-order chi connectivity index (χ0) is 11.5. The van der Waals surface area contributed by atoms with Gasteiger partial charge in [-0.15, -0.1) is 11.3 Å². The maximum absolute atomic E-state index is 6.19. The van der Waals surface area contributed by atoms with Gasteiger partial charge in [-0.25, -0.2) is 0 Å². The van der Waals surface area contributed by atoms with Gasteiger partial charge in [0.05, 0.1) is 0 Å². The van der Waals surface area contributed by atoms with Crippen LogP contribution in [0.1, 0.15) is 22.0 Å². The number of thiophene rings is 1. The van der Waals surface area contributed by atoms with Crippen molar-refractivity contribution in [2.24, 2.45) is 5.73 Å². The van der Waals surface area contributed by atoms with Crippen LogP contribution in [0.15, 0.2) is 35.7 Å². The van der Waals surface area contributed by atoms with E-state index in [0.29, 0.717) is 0 Å². The van der Waals surface area contributed by atoms with Crippen LogP contribution >= 0.6 is 22.9 Å². The molecule has 84 valence electrons. The highest BCUT2D eigenvalue weighted by atomic mass is 35.5. The first kappa shape index (κ1) is 11.6. The molecule has 1 atom stereocenters. The fourth-order valence-corrected chi connectivity index (χ4v) is 2.79. The molecular formula is C13H14ClNS. The monoisotopic (exact) mass is 251 g/mol. The molecule has 1 aromatic heterocycles. The van der Waals surface area contributed by atoms with Gasteiger partial charge < -0.3 is 5.73 Å².